The van der Waals surface area contributed by atoms with Crippen LogP contribution in [0.2, 0.25) is 0 Å². The molecule has 1 unspecified atom stereocenters. The number of nitrogens with two attached hydrogens (primary N) is 1. The second-order valence-electron chi connectivity index (χ2n) is 4.18. The molecule has 0 aromatic carbocycles. The van der Waals surface area contributed by atoms with E-state index in [1.165, 1.54) is 0 Å². The predicted molar refractivity (Wildman–Crippen MR) is 58.9 cm³/mol. The normalized spacial score (nSPS) is 20.0. The molecule has 82 valence electrons. The van der Waals surface area contributed by atoms with Gasteiger partial charge in [-0.15, -0.1) is 0 Å². The molecule has 1 aliphatic heterocycles. The molecule has 4 nitrogen and oxygen atoms in total. The van der Waals surface area contributed by atoms with Crippen LogP contribution in [0.4, 0.5) is 0 Å². The lowest BCUT2D eigenvalue weighted by molar-refractivity contribution is 0.439. The zero-order valence-electron chi connectivity index (χ0n) is 9.07. The van der Waals surface area contributed by atoms with Crippen LogP contribution in [-0.4, -0.2) is 16.1 Å². The Bertz CT molecular complexity index is 411. The van der Waals surface area contributed by atoms with E-state index in [9.17, 15) is 4.79 Å². The summed E-state index contributed by atoms with van der Waals surface area (Å²) in [5.41, 5.74) is 6.39. The number of hydrogen-bond acceptors (Lipinski definition) is 3. The maximum absolute atomic E-state index is 11.8. The Morgan fingerprint density at radius 3 is 3.20 bits per heavy atom. The Morgan fingerprint density at radius 1 is 1.67 bits per heavy atom. The minimum atomic E-state index is 0.0787. The van der Waals surface area contributed by atoms with Crippen molar-refractivity contribution in [3.8, 4) is 0 Å². The molecular formula is C11H17N3O. The Balaban J connectivity index is 2.47. The second kappa shape index (κ2) is 4.14. The van der Waals surface area contributed by atoms with Gasteiger partial charge in [-0.3, -0.25) is 9.36 Å². The summed E-state index contributed by atoms with van der Waals surface area (Å²) in [6, 6.07) is 1.62. The largest absolute Gasteiger partial charge is 0.330 e. The molecule has 0 saturated heterocycles. The van der Waals surface area contributed by atoms with Gasteiger partial charge in [0.05, 0.1) is 0 Å². The molecule has 2 N–H and O–H groups in total. The van der Waals surface area contributed by atoms with Gasteiger partial charge in [0.2, 0.25) is 0 Å². The summed E-state index contributed by atoms with van der Waals surface area (Å²) < 4.78 is 1.80. The van der Waals surface area contributed by atoms with Crippen LogP contribution in [0.1, 0.15) is 37.2 Å². The van der Waals surface area contributed by atoms with E-state index in [2.05, 4.69) is 11.9 Å². The first-order valence-corrected chi connectivity index (χ1v) is 5.53. The monoisotopic (exact) mass is 207 g/mol. The van der Waals surface area contributed by atoms with Crippen LogP contribution >= 0.6 is 0 Å². The Labute approximate surface area is 89.1 Å². The SMILES string of the molecule is CC1CCCn2c1nc(CCN)cc2=O. The van der Waals surface area contributed by atoms with Crippen LogP contribution in [0.25, 0.3) is 0 Å². The first-order valence-electron chi connectivity index (χ1n) is 5.53. The zero-order valence-corrected chi connectivity index (χ0v) is 9.07. The maximum Gasteiger partial charge on any atom is 0.253 e. The smallest absolute Gasteiger partial charge is 0.253 e. The highest BCUT2D eigenvalue weighted by Crippen LogP contribution is 2.23. The first-order chi connectivity index (χ1) is 7.22. The molecule has 0 spiro atoms. The van der Waals surface area contributed by atoms with Crippen molar-refractivity contribution < 1.29 is 0 Å². The summed E-state index contributed by atoms with van der Waals surface area (Å²) in [5.74, 6) is 1.33. The fourth-order valence-electron chi connectivity index (χ4n) is 2.13. The molecule has 1 aromatic heterocycles. The van der Waals surface area contributed by atoms with Gasteiger partial charge in [0.15, 0.2) is 0 Å². The van der Waals surface area contributed by atoms with Gasteiger partial charge in [-0.2, -0.15) is 0 Å². The van der Waals surface area contributed by atoms with E-state index in [1.807, 2.05) is 0 Å². The van der Waals surface area contributed by atoms with E-state index < -0.39 is 0 Å². The van der Waals surface area contributed by atoms with Crippen molar-refractivity contribution in [2.45, 2.75) is 38.6 Å². The van der Waals surface area contributed by atoms with Crippen molar-refractivity contribution in [3.63, 3.8) is 0 Å². The molecule has 15 heavy (non-hydrogen) atoms. The summed E-state index contributed by atoms with van der Waals surface area (Å²) >= 11 is 0. The molecule has 1 aromatic rings. The van der Waals surface area contributed by atoms with Crippen molar-refractivity contribution in [1.82, 2.24) is 9.55 Å². The Hall–Kier alpha value is -1.16. The van der Waals surface area contributed by atoms with Crippen molar-refractivity contribution >= 4 is 0 Å². The highest BCUT2D eigenvalue weighted by atomic mass is 16.1. The first kappa shape index (κ1) is 10.4. The van der Waals surface area contributed by atoms with Gasteiger partial charge in [0.25, 0.3) is 5.56 Å². The standard InChI is InChI=1S/C11H17N3O/c1-8-3-2-6-14-10(15)7-9(4-5-12)13-11(8)14/h7-8H,2-6,12H2,1H3. The third kappa shape index (κ3) is 1.95. The highest BCUT2D eigenvalue weighted by Gasteiger charge is 2.19. The van der Waals surface area contributed by atoms with Crippen molar-refractivity contribution in [3.05, 3.63) is 27.9 Å². The maximum atomic E-state index is 11.8. The lowest BCUT2D eigenvalue weighted by Crippen LogP contribution is -2.30. The highest BCUT2D eigenvalue weighted by molar-refractivity contribution is 5.09. The molecule has 0 saturated carbocycles. The van der Waals surface area contributed by atoms with E-state index >= 15 is 0 Å². The van der Waals surface area contributed by atoms with Crippen LogP contribution in [-0.2, 0) is 13.0 Å². The average Bonchev–Trinajstić information content (AvgIpc) is 2.20. The molecule has 0 radical (unpaired) electrons. The van der Waals surface area contributed by atoms with Gasteiger partial charge >= 0.3 is 0 Å². The van der Waals surface area contributed by atoms with Crippen LogP contribution in [0.3, 0.4) is 0 Å². The van der Waals surface area contributed by atoms with Gasteiger partial charge in [-0.1, -0.05) is 6.92 Å². The molecule has 0 aliphatic carbocycles. The summed E-state index contributed by atoms with van der Waals surface area (Å²) in [4.78, 5) is 16.3. The topological polar surface area (TPSA) is 60.9 Å². The van der Waals surface area contributed by atoms with E-state index in [0.29, 0.717) is 18.9 Å². The van der Waals surface area contributed by atoms with Gasteiger partial charge in [-0.25, -0.2) is 4.98 Å². The summed E-state index contributed by atoms with van der Waals surface area (Å²) in [7, 11) is 0. The fraction of sp³-hybridized carbons (Fsp3) is 0.636. The molecule has 1 aliphatic rings. The lowest BCUT2D eigenvalue weighted by atomic mass is 10.0. The zero-order chi connectivity index (χ0) is 10.8. The second-order valence-corrected chi connectivity index (χ2v) is 4.18. The van der Waals surface area contributed by atoms with Crippen LogP contribution in [0.5, 0.6) is 0 Å². The van der Waals surface area contributed by atoms with Crippen LogP contribution in [0, 0.1) is 0 Å². The average molecular weight is 207 g/mol. The van der Waals surface area contributed by atoms with E-state index in [-0.39, 0.29) is 5.56 Å². The van der Waals surface area contributed by atoms with Crippen molar-refractivity contribution in [2.24, 2.45) is 5.73 Å². The molecule has 0 amide bonds. The number of aromatic nitrogens is 2. The van der Waals surface area contributed by atoms with E-state index in [4.69, 9.17) is 5.73 Å². The molecule has 1 atom stereocenters. The minimum Gasteiger partial charge on any atom is -0.330 e. The van der Waals surface area contributed by atoms with Gasteiger partial charge in [-0.05, 0) is 19.4 Å². The summed E-state index contributed by atoms with van der Waals surface area (Å²) in [6.45, 7) is 3.49. The van der Waals surface area contributed by atoms with Gasteiger partial charge in [0.1, 0.15) is 5.82 Å². The summed E-state index contributed by atoms with van der Waals surface area (Å²) in [6.07, 6.45) is 2.89. The van der Waals surface area contributed by atoms with Gasteiger partial charge < -0.3 is 5.73 Å². The number of nitrogens with zero attached hydrogens (tertiary/aromatic N) is 2. The predicted octanol–water partition coefficient (Wildman–Crippen LogP) is 0.642. The number of hydrogen-bond donors (Lipinski definition) is 1. The Morgan fingerprint density at radius 2 is 2.47 bits per heavy atom. The Kier molecular flexibility index (Phi) is 2.86. The third-order valence-electron chi connectivity index (χ3n) is 2.95. The quantitative estimate of drug-likeness (QED) is 0.774. The molecule has 0 bridgehead atoms. The fourth-order valence-corrected chi connectivity index (χ4v) is 2.13. The lowest BCUT2D eigenvalue weighted by Gasteiger charge is -2.23. The number of rotatable bonds is 2. The van der Waals surface area contributed by atoms with Crippen molar-refractivity contribution in [1.29, 1.82) is 0 Å². The third-order valence-corrected chi connectivity index (χ3v) is 2.95. The molecular weight excluding hydrogens is 190 g/mol. The molecule has 0 fully saturated rings. The molecule has 2 rings (SSSR count). The molecule has 2 heterocycles. The van der Waals surface area contributed by atoms with Crippen molar-refractivity contribution in [2.75, 3.05) is 6.54 Å². The number of fused-ring (bicyclic) bond motifs is 1. The van der Waals surface area contributed by atoms with E-state index in [0.717, 1.165) is 30.9 Å². The minimum absolute atomic E-state index is 0.0787. The van der Waals surface area contributed by atoms with E-state index in [1.54, 1.807) is 10.6 Å². The van der Waals surface area contributed by atoms with Crippen LogP contribution in [0.15, 0.2) is 10.9 Å². The molecule has 4 heteroatoms. The van der Waals surface area contributed by atoms with Gasteiger partial charge in [0, 0.05) is 30.6 Å². The van der Waals surface area contributed by atoms with Crippen LogP contribution < -0.4 is 11.3 Å². The summed E-state index contributed by atoms with van der Waals surface area (Å²) in [5, 5.41) is 0.